The molecule has 0 aliphatic heterocycles. The molecule has 2 aromatic heterocycles. The summed E-state index contributed by atoms with van der Waals surface area (Å²) in [5.74, 6) is 6.79. The van der Waals surface area contributed by atoms with Gasteiger partial charge in [0.05, 0.1) is 6.33 Å². The van der Waals surface area contributed by atoms with Crippen LogP contribution in [0.3, 0.4) is 0 Å². The van der Waals surface area contributed by atoms with E-state index in [0.29, 0.717) is 11.0 Å². The fourth-order valence-electron chi connectivity index (χ4n) is 1.74. The number of rotatable bonds is 8. The van der Waals surface area contributed by atoms with E-state index >= 15 is 0 Å². The number of aryl methyl sites for hydroxylation is 1. The van der Waals surface area contributed by atoms with Gasteiger partial charge in [0, 0.05) is 31.5 Å². The summed E-state index contributed by atoms with van der Waals surface area (Å²) in [6.07, 6.45) is 9.69. The van der Waals surface area contributed by atoms with Crippen LogP contribution >= 0.6 is 11.8 Å². The second-order valence-corrected chi connectivity index (χ2v) is 4.98. The average Bonchev–Trinajstić information content (AvgIpc) is 2.99. The third-order valence-corrected chi connectivity index (χ3v) is 3.29. The molecule has 0 spiro atoms. The number of unbranched alkanes of at least 4 members (excludes halogenated alkanes) is 1. The van der Waals surface area contributed by atoms with Gasteiger partial charge >= 0.3 is 0 Å². The molecule has 4 N–H and O–H groups in total. The van der Waals surface area contributed by atoms with Gasteiger partial charge in [0.15, 0.2) is 5.16 Å². The van der Waals surface area contributed by atoms with Crippen LogP contribution < -0.4 is 16.6 Å². The summed E-state index contributed by atoms with van der Waals surface area (Å²) in [4.78, 5) is 12.6. The second-order valence-electron chi connectivity index (χ2n) is 4.20. The van der Waals surface area contributed by atoms with Crippen molar-refractivity contribution in [3.05, 3.63) is 24.8 Å². The first-order valence-corrected chi connectivity index (χ1v) is 7.63. The van der Waals surface area contributed by atoms with Crippen molar-refractivity contribution in [2.24, 2.45) is 5.84 Å². The molecule has 108 valence electrons. The highest BCUT2D eigenvalue weighted by Gasteiger charge is 2.02. The van der Waals surface area contributed by atoms with Gasteiger partial charge in [-0.3, -0.25) is 0 Å². The van der Waals surface area contributed by atoms with Crippen molar-refractivity contribution in [1.29, 1.82) is 0 Å². The third kappa shape index (κ3) is 4.39. The molecule has 20 heavy (non-hydrogen) atoms. The molecule has 0 amide bonds. The van der Waals surface area contributed by atoms with Crippen LogP contribution in [-0.2, 0) is 6.54 Å². The Kier molecular flexibility index (Phi) is 5.63. The van der Waals surface area contributed by atoms with E-state index in [9.17, 15) is 0 Å². The zero-order chi connectivity index (χ0) is 14.2. The Labute approximate surface area is 122 Å². The quantitative estimate of drug-likeness (QED) is 0.224. The molecule has 8 heteroatoms. The van der Waals surface area contributed by atoms with Crippen LogP contribution in [0, 0.1) is 0 Å². The highest BCUT2D eigenvalue weighted by atomic mass is 32.2. The molecule has 0 aromatic carbocycles. The highest BCUT2D eigenvalue weighted by molar-refractivity contribution is 7.98. The van der Waals surface area contributed by atoms with Gasteiger partial charge in [-0.1, -0.05) is 11.8 Å². The minimum atomic E-state index is 0.616. The van der Waals surface area contributed by atoms with Gasteiger partial charge in [-0.15, -0.1) is 0 Å². The molecule has 0 aliphatic rings. The number of nitrogens with one attached hydrogen (secondary N) is 2. The van der Waals surface area contributed by atoms with E-state index < -0.39 is 0 Å². The van der Waals surface area contributed by atoms with Crippen LogP contribution in [0.5, 0.6) is 0 Å². The number of aromatic nitrogens is 4. The van der Waals surface area contributed by atoms with Crippen LogP contribution in [0.25, 0.3) is 0 Å². The van der Waals surface area contributed by atoms with E-state index in [4.69, 9.17) is 5.84 Å². The Morgan fingerprint density at radius 3 is 2.85 bits per heavy atom. The lowest BCUT2D eigenvalue weighted by molar-refractivity contribution is 0.620. The van der Waals surface area contributed by atoms with Crippen LogP contribution in [0.2, 0.25) is 0 Å². The smallest absolute Gasteiger partial charge is 0.191 e. The summed E-state index contributed by atoms with van der Waals surface area (Å²) in [6.45, 7) is 1.85. The van der Waals surface area contributed by atoms with Gasteiger partial charge < -0.3 is 15.3 Å². The molecule has 2 heterocycles. The van der Waals surface area contributed by atoms with Crippen LogP contribution in [-0.4, -0.2) is 32.3 Å². The molecular weight excluding hydrogens is 274 g/mol. The molecule has 7 nitrogen and oxygen atoms in total. The molecule has 2 rings (SSSR count). The number of nitrogens with zero attached hydrogens (tertiary/aromatic N) is 4. The number of hydrogen-bond acceptors (Lipinski definition) is 7. The van der Waals surface area contributed by atoms with Gasteiger partial charge in [-0.05, 0) is 19.1 Å². The fraction of sp³-hybridized carbons (Fsp3) is 0.417. The first kappa shape index (κ1) is 14.6. The Balaban J connectivity index is 1.75. The van der Waals surface area contributed by atoms with Gasteiger partial charge in [0.1, 0.15) is 11.6 Å². The number of anilines is 2. The first-order chi connectivity index (χ1) is 9.81. The highest BCUT2D eigenvalue weighted by Crippen LogP contribution is 2.16. The van der Waals surface area contributed by atoms with Crippen LogP contribution in [0.15, 0.2) is 29.9 Å². The maximum absolute atomic E-state index is 5.39. The van der Waals surface area contributed by atoms with E-state index in [1.807, 2.05) is 18.8 Å². The van der Waals surface area contributed by atoms with Crippen molar-refractivity contribution in [3.8, 4) is 0 Å². The lowest BCUT2D eigenvalue weighted by atomic mass is 10.3. The normalized spacial score (nSPS) is 10.5. The maximum Gasteiger partial charge on any atom is 0.191 e. The standard InChI is InChI=1S/C12H19N7S/c1-20-12-16-10(8-11(17-12)18-13)15-4-2-3-6-19-7-5-14-9-19/h5,7-9H,2-4,6,13H2,1H3,(H2,15,16,17,18). The van der Waals surface area contributed by atoms with Crippen LogP contribution in [0.1, 0.15) is 12.8 Å². The summed E-state index contributed by atoms with van der Waals surface area (Å²) >= 11 is 1.49. The Morgan fingerprint density at radius 2 is 2.15 bits per heavy atom. The molecule has 0 atom stereocenters. The van der Waals surface area contributed by atoms with E-state index in [-0.39, 0.29) is 0 Å². The van der Waals surface area contributed by atoms with Gasteiger partial charge in [-0.25, -0.2) is 20.8 Å². The SMILES string of the molecule is CSc1nc(NN)cc(NCCCCn2ccnc2)n1. The molecular formula is C12H19N7S. The largest absolute Gasteiger partial charge is 0.370 e. The number of hydrogen-bond donors (Lipinski definition) is 3. The van der Waals surface area contributed by atoms with Crippen molar-refractivity contribution in [1.82, 2.24) is 19.5 Å². The second kappa shape index (κ2) is 7.71. The average molecular weight is 293 g/mol. The summed E-state index contributed by atoms with van der Waals surface area (Å²) in [6, 6.07) is 1.80. The van der Waals surface area contributed by atoms with Gasteiger partial charge in [0.25, 0.3) is 0 Å². The molecule has 0 saturated heterocycles. The summed E-state index contributed by atoms with van der Waals surface area (Å²) in [5, 5.41) is 3.99. The Morgan fingerprint density at radius 1 is 1.30 bits per heavy atom. The number of nitrogen functional groups attached to an aromatic ring is 1. The Bertz CT molecular complexity index is 492. The van der Waals surface area contributed by atoms with Crippen molar-refractivity contribution in [2.45, 2.75) is 24.5 Å². The molecule has 2 aromatic rings. The summed E-state index contributed by atoms with van der Waals surface area (Å²) in [7, 11) is 0. The number of imidazole rings is 1. The molecule has 0 aliphatic carbocycles. The van der Waals surface area contributed by atoms with Crippen molar-refractivity contribution in [3.63, 3.8) is 0 Å². The predicted octanol–water partition coefficient (Wildman–Crippen LogP) is 1.57. The lowest BCUT2D eigenvalue weighted by Crippen LogP contribution is -2.11. The minimum Gasteiger partial charge on any atom is -0.370 e. The van der Waals surface area contributed by atoms with Crippen molar-refractivity contribution >= 4 is 23.4 Å². The molecule has 0 saturated carbocycles. The van der Waals surface area contributed by atoms with E-state index in [1.54, 1.807) is 12.3 Å². The van der Waals surface area contributed by atoms with Crippen molar-refractivity contribution < 1.29 is 0 Å². The fourth-order valence-corrected chi connectivity index (χ4v) is 2.12. The van der Waals surface area contributed by atoms with E-state index in [1.165, 1.54) is 11.8 Å². The predicted molar refractivity (Wildman–Crippen MR) is 81.6 cm³/mol. The number of nitrogens with two attached hydrogens (primary N) is 1. The molecule has 0 radical (unpaired) electrons. The molecule has 0 bridgehead atoms. The zero-order valence-corrected chi connectivity index (χ0v) is 12.2. The molecule has 0 fully saturated rings. The van der Waals surface area contributed by atoms with Gasteiger partial charge in [0.2, 0.25) is 0 Å². The van der Waals surface area contributed by atoms with Crippen molar-refractivity contribution in [2.75, 3.05) is 23.5 Å². The first-order valence-electron chi connectivity index (χ1n) is 6.41. The topological polar surface area (TPSA) is 93.7 Å². The number of hydrazine groups is 1. The summed E-state index contributed by atoms with van der Waals surface area (Å²) in [5.41, 5.74) is 2.55. The maximum atomic E-state index is 5.39. The van der Waals surface area contributed by atoms with Crippen LogP contribution in [0.4, 0.5) is 11.6 Å². The Hall–Kier alpha value is -1.80. The third-order valence-electron chi connectivity index (χ3n) is 2.74. The lowest BCUT2D eigenvalue weighted by Gasteiger charge is -2.08. The summed E-state index contributed by atoms with van der Waals surface area (Å²) < 4.78 is 2.08. The molecule has 0 unspecified atom stereocenters. The van der Waals surface area contributed by atoms with E-state index in [2.05, 4.69) is 30.3 Å². The van der Waals surface area contributed by atoms with Gasteiger partial charge in [-0.2, -0.15) is 0 Å². The number of thioether (sulfide) groups is 1. The van der Waals surface area contributed by atoms with E-state index in [0.717, 1.165) is 31.7 Å². The monoisotopic (exact) mass is 293 g/mol. The minimum absolute atomic E-state index is 0.616. The zero-order valence-electron chi connectivity index (χ0n) is 11.4.